The number of rotatable bonds is 4. The summed E-state index contributed by atoms with van der Waals surface area (Å²) < 4.78 is 5.87. The van der Waals surface area contributed by atoms with Crippen molar-refractivity contribution in [2.24, 2.45) is 17.6 Å². The first-order valence-electron chi connectivity index (χ1n) is 7.57. The van der Waals surface area contributed by atoms with E-state index in [1.807, 2.05) is 13.0 Å². The summed E-state index contributed by atoms with van der Waals surface area (Å²) in [5.41, 5.74) is 6.38. The number of nitrogens with two attached hydrogens (primary N) is 1. The van der Waals surface area contributed by atoms with Crippen LogP contribution in [0.3, 0.4) is 0 Å². The quantitative estimate of drug-likeness (QED) is 0.907. The Morgan fingerprint density at radius 3 is 2.42 bits per heavy atom. The lowest BCUT2D eigenvalue weighted by molar-refractivity contribution is 0.0695. The van der Waals surface area contributed by atoms with Gasteiger partial charge in [0.25, 0.3) is 0 Å². The van der Waals surface area contributed by atoms with E-state index in [2.05, 4.69) is 31.7 Å². The van der Waals surface area contributed by atoms with Crippen LogP contribution in [-0.2, 0) is 0 Å². The van der Waals surface area contributed by atoms with E-state index < -0.39 is 0 Å². The third-order valence-corrected chi connectivity index (χ3v) is 4.22. The molecule has 1 saturated heterocycles. The summed E-state index contributed by atoms with van der Waals surface area (Å²) in [6.07, 6.45) is 2.30. The van der Waals surface area contributed by atoms with Gasteiger partial charge in [0.15, 0.2) is 0 Å². The monoisotopic (exact) mass is 264 g/mol. The molecule has 3 nitrogen and oxygen atoms in total. The summed E-state index contributed by atoms with van der Waals surface area (Å²) in [4.78, 5) is 2.53. The number of furan rings is 1. The molecule has 0 radical (unpaired) electrons. The molecule has 3 heteroatoms. The van der Waals surface area contributed by atoms with Crippen LogP contribution >= 0.6 is 0 Å². The maximum atomic E-state index is 6.38. The molecule has 2 rings (SSSR count). The van der Waals surface area contributed by atoms with E-state index in [0.717, 1.165) is 42.9 Å². The average molecular weight is 264 g/mol. The summed E-state index contributed by atoms with van der Waals surface area (Å²) in [5, 5.41) is 0. The minimum absolute atomic E-state index is 0.142. The van der Waals surface area contributed by atoms with Gasteiger partial charge < -0.3 is 10.2 Å². The van der Waals surface area contributed by atoms with Gasteiger partial charge in [0.05, 0.1) is 6.04 Å². The van der Waals surface area contributed by atoms with Gasteiger partial charge in [-0.15, -0.1) is 0 Å². The van der Waals surface area contributed by atoms with Crippen LogP contribution < -0.4 is 5.73 Å². The number of likely N-dealkylation sites (tertiary alicyclic amines) is 1. The molecule has 108 valence electrons. The van der Waals surface area contributed by atoms with Gasteiger partial charge in [0.1, 0.15) is 11.5 Å². The lowest BCUT2D eigenvalue weighted by Crippen LogP contribution is -2.47. The zero-order valence-electron chi connectivity index (χ0n) is 12.7. The van der Waals surface area contributed by atoms with Gasteiger partial charge in [-0.05, 0) is 43.7 Å². The Labute approximate surface area is 117 Å². The Bertz CT molecular complexity index is 391. The minimum Gasteiger partial charge on any atom is -0.465 e. The van der Waals surface area contributed by atoms with Crippen molar-refractivity contribution in [3.05, 3.63) is 23.7 Å². The topological polar surface area (TPSA) is 42.4 Å². The molecule has 1 aromatic heterocycles. The second-order valence-corrected chi connectivity index (χ2v) is 6.37. The van der Waals surface area contributed by atoms with Gasteiger partial charge in [-0.3, -0.25) is 4.90 Å². The lowest BCUT2D eigenvalue weighted by atomic mass is 9.89. The van der Waals surface area contributed by atoms with E-state index in [1.165, 1.54) is 6.42 Å². The molecule has 0 spiro atoms. The Morgan fingerprint density at radius 1 is 1.32 bits per heavy atom. The van der Waals surface area contributed by atoms with Crippen molar-refractivity contribution in [3.63, 3.8) is 0 Å². The first kappa shape index (κ1) is 14.6. The number of nitrogens with zero attached hydrogens (tertiary/aromatic N) is 1. The average Bonchev–Trinajstić information content (AvgIpc) is 2.74. The van der Waals surface area contributed by atoms with Gasteiger partial charge in [0.2, 0.25) is 0 Å². The highest BCUT2D eigenvalue weighted by Gasteiger charge is 2.33. The molecular formula is C16H28N2O. The number of hydrogen-bond acceptors (Lipinski definition) is 3. The van der Waals surface area contributed by atoms with E-state index >= 15 is 0 Å². The van der Waals surface area contributed by atoms with Crippen molar-refractivity contribution in [1.29, 1.82) is 0 Å². The van der Waals surface area contributed by atoms with Crippen molar-refractivity contribution >= 4 is 0 Å². The Balaban J connectivity index is 2.22. The summed E-state index contributed by atoms with van der Waals surface area (Å²) in [5.74, 6) is 3.49. The molecule has 1 aliphatic heterocycles. The molecule has 4 atom stereocenters. The Kier molecular flexibility index (Phi) is 4.69. The zero-order chi connectivity index (χ0) is 14.0. The fourth-order valence-electron chi connectivity index (χ4n) is 3.44. The van der Waals surface area contributed by atoms with Crippen LogP contribution in [0.15, 0.2) is 16.5 Å². The SMILES string of the molecule is CCC(N)C(c1ccc(C)o1)N1CC(C)CC(C)C1. The van der Waals surface area contributed by atoms with Gasteiger partial charge >= 0.3 is 0 Å². The third-order valence-electron chi connectivity index (χ3n) is 4.22. The van der Waals surface area contributed by atoms with Crippen molar-refractivity contribution in [1.82, 2.24) is 4.90 Å². The number of aryl methyl sites for hydroxylation is 1. The number of hydrogen-bond donors (Lipinski definition) is 1. The molecular weight excluding hydrogens is 236 g/mol. The molecule has 1 aromatic rings. The van der Waals surface area contributed by atoms with E-state index in [9.17, 15) is 0 Å². The van der Waals surface area contributed by atoms with Crippen molar-refractivity contribution in [2.75, 3.05) is 13.1 Å². The standard InChI is InChI=1S/C16H28N2O/c1-5-14(17)16(15-7-6-13(4)19-15)18-9-11(2)8-12(3)10-18/h6-7,11-12,14,16H,5,8-10,17H2,1-4H3. The summed E-state index contributed by atoms with van der Waals surface area (Å²) in [6.45, 7) is 11.1. The maximum absolute atomic E-state index is 6.38. The van der Waals surface area contributed by atoms with E-state index in [0.29, 0.717) is 0 Å². The summed E-state index contributed by atoms with van der Waals surface area (Å²) >= 11 is 0. The van der Waals surface area contributed by atoms with E-state index in [4.69, 9.17) is 10.2 Å². The minimum atomic E-state index is 0.142. The summed E-state index contributed by atoms with van der Waals surface area (Å²) in [7, 11) is 0. The Hall–Kier alpha value is -0.800. The van der Waals surface area contributed by atoms with Crippen LogP contribution in [0.25, 0.3) is 0 Å². The second kappa shape index (κ2) is 6.10. The van der Waals surface area contributed by atoms with Crippen molar-refractivity contribution in [2.45, 2.75) is 52.6 Å². The van der Waals surface area contributed by atoms with Gasteiger partial charge in [-0.2, -0.15) is 0 Å². The zero-order valence-corrected chi connectivity index (χ0v) is 12.7. The lowest BCUT2D eigenvalue weighted by Gasteiger charge is -2.41. The molecule has 0 saturated carbocycles. The van der Waals surface area contributed by atoms with Gasteiger partial charge in [0, 0.05) is 19.1 Å². The first-order chi connectivity index (χ1) is 9.01. The normalized spacial score (nSPS) is 28.3. The second-order valence-electron chi connectivity index (χ2n) is 6.37. The van der Waals surface area contributed by atoms with Crippen LogP contribution in [0.4, 0.5) is 0 Å². The van der Waals surface area contributed by atoms with Crippen LogP contribution in [-0.4, -0.2) is 24.0 Å². The van der Waals surface area contributed by atoms with Crippen LogP contribution in [0.1, 0.15) is 51.2 Å². The van der Waals surface area contributed by atoms with E-state index in [1.54, 1.807) is 0 Å². The molecule has 1 aliphatic rings. The van der Waals surface area contributed by atoms with Gasteiger partial charge in [-0.1, -0.05) is 20.8 Å². The van der Waals surface area contributed by atoms with E-state index in [-0.39, 0.29) is 12.1 Å². The molecule has 2 heterocycles. The number of piperidine rings is 1. The molecule has 2 N–H and O–H groups in total. The highest BCUT2D eigenvalue weighted by molar-refractivity contribution is 5.12. The predicted molar refractivity (Wildman–Crippen MR) is 79.0 cm³/mol. The fraction of sp³-hybridized carbons (Fsp3) is 0.750. The maximum Gasteiger partial charge on any atom is 0.122 e. The molecule has 0 bridgehead atoms. The smallest absolute Gasteiger partial charge is 0.122 e. The van der Waals surface area contributed by atoms with Crippen LogP contribution in [0.5, 0.6) is 0 Å². The largest absolute Gasteiger partial charge is 0.465 e. The first-order valence-corrected chi connectivity index (χ1v) is 7.57. The molecule has 0 amide bonds. The highest BCUT2D eigenvalue weighted by atomic mass is 16.3. The van der Waals surface area contributed by atoms with Crippen LogP contribution in [0.2, 0.25) is 0 Å². The van der Waals surface area contributed by atoms with Crippen LogP contribution in [0, 0.1) is 18.8 Å². The summed E-state index contributed by atoms with van der Waals surface area (Å²) in [6, 6.07) is 4.51. The molecule has 0 aromatic carbocycles. The molecule has 4 unspecified atom stereocenters. The molecule has 1 fully saturated rings. The molecule has 19 heavy (non-hydrogen) atoms. The predicted octanol–water partition coefficient (Wildman–Crippen LogP) is 3.34. The highest BCUT2D eigenvalue weighted by Crippen LogP contribution is 2.32. The van der Waals surface area contributed by atoms with Crippen molar-refractivity contribution in [3.8, 4) is 0 Å². The van der Waals surface area contributed by atoms with Gasteiger partial charge in [-0.25, -0.2) is 0 Å². The third kappa shape index (κ3) is 3.40. The Morgan fingerprint density at radius 2 is 1.95 bits per heavy atom. The van der Waals surface area contributed by atoms with Crippen molar-refractivity contribution < 1.29 is 4.42 Å². The molecule has 0 aliphatic carbocycles. The fourth-order valence-corrected chi connectivity index (χ4v) is 3.44.